The lowest BCUT2D eigenvalue weighted by Crippen LogP contribution is -2.03. The molecular weight excluding hydrogens is 292 g/mol. The number of nitrogens with zero attached hydrogens (tertiary/aromatic N) is 1. The fraction of sp³-hybridized carbons (Fsp3) is 0.200. The smallest absolute Gasteiger partial charge is 0.269 e. The Morgan fingerprint density at radius 2 is 1.81 bits per heavy atom. The molecule has 0 aliphatic carbocycles. The van der Waals surface area contributed by atoms with E-state index in [1.807, 2.05) is 6.07 Å². The number of ether oxygens (including phenoxy) is 1. The van der Waals surface area contributed by atoms with Crippen molar-refractivity contribution in [3.05, 3.63) is 68.7 Å². The Morgan fingerprint density at radius 1 is 1.14 bits per heavy atom. The number of hydrogen-bond donors (Lipinski definition) is 1. The molecule has 0 spiro atoms. The van der Waals surface area contributed by atoms with Gasteiger partial charge in [0.05, 0.1) is 16.6 Å². The molecule has 0 heterocycles. The van der Waals surface area contributed by atoms with Gasteiger partial charge in [0, 0.05) is 25.1 Å². The summed E-state index contributed by atoms with van der Waals surface area (Å²) < 4.78 is 5.61. The molecule has 0 fully saturated rings. The minimum Gasteiger partial charge on any atom is -0.492 e. The van der Waals surface area contributed by atoms with Gasteiger partial charge in [-0.25, -0.2) is 0 Å². The highest BCUT2D eigenvalue weighted by Gasteiger charge is 2.05. The summed E-state index contributed by atoms with van der Waals surface area (Å²) >= 11 is 6.09. The van der Waals surface area contributed by atoms with Crippen LogP contribution in [0.1, 0.15) is 11.1 Å². The maximum Gasteiger partial charge on any atom is 0.269 e. The van der Waals surface area contributed by atoms with Crippen LogP contribution in [0.15, 0.2) is 42.5 Å². The van der Waals surface area contributed by atoms with Crippen molar-refractivity contribution in [1.29, 1.82) is 0 Å². The fourth-order valence-corrected chi connectivity index (χ4v) is 2.11. The second-order valence-corrected chi connectivity index (χ2v) is 4.90. The highest BCUT2D eigenvalue weighted by Crippen LogP contribution is 2.25. The Labute approximate surface area is 127 Å². The third kappa shape index (κ3) is 4.18. The van der Waals surface area contributed by atoms with Crippen LogP contribution in [-0.4, -0.2) is 11.5 Å². The van der Waals surface area contributed by atoms with Crippen molar-refractivity contribution in [2.45, 2.75) is 13.0 Å². The molecule has 0 aromatic heterocycles. The van der Waals surface area contributed by atoms with Gasteiger partial charge in [-0.1, -0.05) is 29.8 Å². The van der Waals surface area contributed by atoms with E-state index in [4.69, 9.17) is 22.1 Å². The first-order chi connectivity index (χ1) is 10.1. The maximum absolute atomic E-state index is 10.6. The number of benzene rings is 2. The largest absolute Gasteiger partial charge is 0.492 e. The van der Waals surface area contributed by atoms with Gasteiger partial charge >= 0.3 is 0 Å². The van der Waals surface area contributed by atoms with Crippen LogP contribution >= 0.6 is 11.6 Å². The number of rotatable bonds is 6. The Bertz CT molecular complexity index is 629. The zero-order valence-electron chi connectivity index (χ0n) is 11.3. The van der Waals surface area contributed by atoms with Gasteiger partial charge in [-0.3, -0.25) is 10.1 Å². The average Bonchev–Trinajstić information content (AvgIpc) is 2.49. The van der Waals surface area contributed by atoms with Gasteiger partial charge in [0.15, 0.2) is 0 Å². The van der Waals surface area contributed by atoms with E-state index < -0.39 is 4.92 Å². The molecule has 0 saturated heterocycles. The van der Waals surface area contributed by atoms with Crippen molar-refractivity contribution in [2.24, 2.45) is 5.73 Å². The van der Waals surface area contributed by atoms with E-state index in [2.05, 4.69) is 0 Å². The molecule has 0 bridgehead atoms. The van der Waals surface area contributed by atoms with Gasteiger partial charge in [-0.2, -0.15) is 0 Å². The van der Waals surface area contributed by atoms with E-state index in [9.17, 15) is 10.1 Å². The van der Waals surface area contributed by atoms with Crippen molar-refractivity contribution < 1.29 is 9.66 Å². The van der Waals surface area contributed by atoms with E-state index in [-0.39, 0.29) is 5.69 Å². The monoisotopic (exact) mass is 306 g/mol. The topological polar surface area (TPSA) is 78.4 Å². The van der Waals surface area contributed by atoms with Crippen LogP contribution in [-0.2, 0) is 13.0 Å². The Hall–Kier alpha value is -2.11. The molecule has 0 unspecified atom stereocenters. The van der Waals surface area contributed by atoms with Crippen molar-refractivity contribution in [1.82, 2.24) is 0 Å². The number of non-ortho nitro benzene ring substituents is 1. The predicted molar refractivity (Wildman–Crippen MR) is 81.6 cm³/mol. The number of hydrogen-bond acceptors (Lipinski definition) is 4. The molecule has 0 atom stereocenters. The van der Waals surface area contributed by atoms with Crippen molar-refractivity contribution in [2.75, 3.05) is 6.61 Å². The van der Waals surface area contributed by atoms with Crippen LogP contribution in [0.25, 0.3) is 0 Å². The zero-order valence-corrected chi connectivity index (χ0v) is 12.0. The van der Waals surface area contributed by atoms with Crippen LogP contribution in [0, 0.1) is 10.1 Å². The minimum atomic E-state index is -0.418. The molecule has 2 aromatic rings. The van der Waals surface area contributed by atoms with Crippen LogP contribution in [0.5, 0.6) is 5.75 Å². The SMILES string of the molecule is NCc1ccc(OCCc2ccc([N+](=O)[O-])cc2)c(Cl)c1. The van der Waals surface area contributed by atoms with Gasteiger partial charge in [0.2, 0.25) is 0 Å². The summed E-state index contributed by atoms with van der Waals surface area (Å²) in [7, 11) is 0. The molecule has 0 aliphatic rings. The summed E-state index contributed by atoms with van der Waals surface area (Å²) in [6, 6.07) is 11.9. The number of nitro benzene ring substituents is 1. The van der Waals surface area contributed by atoms with E-state index >= 15 is 0 Å². The second kappa shape index (κ2) is 7.06. The number of nitrogens with two attached hydrogens (primary N) is 1. The molecule has 2 aromatic carbocycles. The fourth-order valence-electron chi connectivity index (χ4n) is 1.85. The molecule has 2 rings (SSSR count). The molecule has 0 saturated carbocycles. The molecule has 0 amide bonds. The highest BCUT2D eigenvalue weighted by molar-refractivity contribution is 6.32. The lowest BCUT2D eigenvalue weighted by atomic mass is 10.1. The molecule has 5 nitrogen and oxygen atoms in total. The summed E-state index contributed by atoms with van der Waals surface area (Å²) in [5, 5.41) is 11.1. The third-order valence-corrected chi connectivity index (χ3v) is 3.32. The Balaban J connectivity index is 1.90. The molecule has 0 aliphatic heterocycles. The quantitative estimate of drug-likeness (QED) is 0.656. The first-order valence-corrected chi connectivity index (χ1v) is 6.82. The van der Waals surface area contributed by atoms with Crippen molar-refractivity contribution >= 4 is 17.3 Å². The minimum absolute atomic E-state index is 0.0834. The zero-order chi connectivity index (χ0) is 15.2. The van der Waals surface area contributed by atoms with Gasteiger partial charge in [-0.15, -0.1) is 0 Å². The lowest BCUT2D eigenvalue weighted by molar-refractivity contribution is -0.384. The van der Waals surface area contributed by atoms with Crippen LogP contribution in [0.4, 0.5) is 5.69 Å². The molecule has 110 valence electrons. The first-order valence-electron chi connectivity index (χ1n) is 6.45. The van der Waals surface area contributed by atoms with Crippen LogP contribution in [0.3, 0.4) is 0 Å². The van der Waals surface area contributed by atoms with Gasteiger partial charge in [-0.05, 0) is 23.3 Å². The molecule has 6 heteroatoms. The second-order valence-electron chi connectivity index (χ2n) is 4.49. The van der Waals surface area contributed by atoms with E-state index in [1.165, 1.54) is 12.1 Å². The molecular formula is C15H15ClN2O3. The van der Waals surface area contributed by atoms with Crippen LogP contribution < -0.4 is 10.5 Å². The summed E-state index contributed by atoms with van der Waals surface area (Å²) in [6.45, 7) is 0.877. The third-order valence-electron chi connectivity index (χ3n) is 3.03. The summed E-state index contributed by atoms with van der Waals surface area (Å²) in [6.07, 6.45) is 0.646. The summed E-state index contributed by atoms with van der Waals surface area (Å²) in [4.78, 5) is 10.1. The molecule has 21 heavy (non-hydrogen) atoms. The van der Waals surface area contributed by atoms with Gasteiger partial charge < -0.3 is 10.5 Å². The highest BCUT2D eigenvalue weighted by atomic mass is 35.5. The Morgan fingerprint density at radius 3 is 2.38 bits per heavy atom. The number of nitro groups is 1. The first kappa shape index (κ1) is 15.3. The standard InChI is InChI=1S/C15H15ClN2O3/c16-14-9-12(10-17)3-6-15(14)21-8-7-11-1-4-13(5-2-11)18(19)20/h1-6,9H,7-8,10,17H2. The normalized spacial score (nSPS) is 10.4. The van der Waals surface area contributed by atoms with E-state index in [1.54, 1.807) is 24.3 Å². The number of halogens is 1. The predicted octanol–water partition coefficient (Wildman–Crippen LogP) is 3.33. The van der Waals surface area contributed by atoms with E-state index in [0.717, 1.165) is 11.1 Å². The molecule has 0 radical (unpaired) electrons. The molecule has 2 N–H and O–H groups in total. The van der Waals surface area contributed by atoms with E-state index in [0.29, 0.717) is 30.3 Å². The summed E-state index contributed by atoms with van der Waals surface area (Å²) in [5.74, 6) is 0.607. The van der Waals surface area contributed by atoms with Crippen molar-refractivity contribution in [3.63, 3.8) is 0 Å². The maximum atomic E-state index is 10.6. The van der Waals surface area contributed by atoms with Gasteiger partial charge in [0.1, 0.15) is 5.75 Å². The van der Waals surface area contributed by atoms with Crippen LogP contribution in [0.2, 0.25) is 5.02 Å². The van der Waals surface area contributed by atoms with Crippen molar-refractivity contribution in [3.8, 4) is 5.75 Å². The summed E-state index contributed by atoms with van der Waals surface area (Å²) in [5.41, 5.74) is 7.53. The Kier molecular flexibility index (Phi) is 5.14. The lowest BCUT2D eigenvalue weighted by Gasteiger charge is -2.09. The average molecular weight is 307 g/mol. The van der Waals surface area contributed by atoms with Gasteiger partial charge in [0.25, 0.3) is 5.69 Å².